The summed E-state index contributed by atoms with van der Waals surface area (Å²) in [6, 6.07) is 1.94. The van der Waals surface area contributed by atoms with Crippen molar-refractivity contribution in [1.29, 1.82) is 0 Å². The van der Waals surface area contributed by atoms with Crippen LogP contribution in [0, 0.1) is 0 Å². The number of aliphatic hydroxyl groups is 1. The molecule has 1 aromatic rings. The van der Waals surface area contributed by atoms with Gasteiger partial charge in [-0.25, -0.2) is 0 Å². The summed E-state index contributed by atoms with van der Waals surface area (Å²) in [6.45, 7) is 1.63. The molecule has 5 heteroatoms. The minimum absolute atomic E-state index is 0.229. The predicted molar refractivity (Wildman–Crippen MR) is 62.2 cm³/mol. The van der Waals surface area contributed by atoms with Crippen LogP contribution in [-0.2, 0) is 15.9 Å². The molecule has 88 valence electrons. The number of rotatable bonds is 3. The van der Waals surface area contributed by atoms with E-state index in [-0.39, 0.29) is 6.10 Å². The fraction of sp³-hybridized carbons (Fsp3) is 0.545. The highest BCUT2D eigenvalue weighted by atomic mass is 79.9. The lowest BCUT2D eigenvalue weighted by Gasteiger charge is -2.27. The molecule has 1 aliphatic heterocycles. The molecule has 2 heterocycles. The fourth-order valence-corrected chi connectivity index (χ4v) is 2.08. The Morgan fingerprint density at radius 2 is 2.38 bits per heavy atom. The highest BCUT2D eigenvalue weighted by Crippen LogP contribution is 2.14. The third kappa shape index (κ3) is 3.25. The SMILES string of the molecule is OC(Cc1cncc(Br)c1)C1COCCO1. The third-order valence-corrected chi connectivity index (χ3v) is 2.91. The number of ether oxygens (including phenoxy) is 2. The van der Waals surface area contributed by atoms with Gasteiger partial charge in [-0.2, -0.15) is 0 Å². The monoisotopic (exact) mass is 287 g/mol. The van der Waals surface area contributed by atoms with Crippen LogP contribution in [0.4, 0.5) is 0 Å². The van der Waals surface area contributed by atoms with E-state index >= 15 is 0 Å². The molecule has 1 aromatic heterocycles. The Bertz CT molecular complexity index is 342. The van der Waals surface area contributed by atoms with Gasteiger partial charge in [0.15, 0.2) is 0 Å². The molecule has 0 saturated carbocycles. The van der Waals surface area contributed by atoms with Gasteiger partial charge in [0.2, 0.25) is 0 Å². The van der Waals surface area contributed by atoms with E-state index in [2.05, 4.69) is 20.9 Å². The van der Waals surface area contributed by atoms with Crippen LogP contribution in [0.25, 0.3) is 0 Å². The number of halogens is 1. The summed E-state index contributed by atoms with van der Waals surface area (Å²) >= 11 is 3.35. The van der Waals surface area contributed by atoms with Gasteiger partial charge in [-0.05, 0) is 27.6 Å². The average molecular weight is 288 g/mol. The molecule has 2 rings (SSSR count). The molecular formula is C11H14BrNO3. The molecule has 0 aromatic carbocycles. The maximum Gasteiger partial charge on any atom is 0.107 e. The van der Waals surface area contributed by atoms with E-state index in [9.17, 15) is 5.11 Å². The summed E-state index contributed by atoms with van der Waals surface area (Å²) in [4.78, 5) is 4.05. The summed E-state index contributed by atoms with van der Waals surface area (Å²) in [7, 11) is 0. The van der Waals surface area contributed by atoms with Gasteiger partial charge in [0.1, 0.15) is 6.10 Å². The van der Waals surface area contributed by atoms with E-state index < -0.39 is 6.10 Å². The van der Waals surface area contributed by atoms with Crippen LogP contribution in [0.15, 0.2) is 22.9 Å². The van der Waals surface area contributed by atoms with E-state index in [1.54, 1.807) is 12.4 Å². The Kier molecular flexibility index (Phi) is 4.29. The number of hydrogen-bond donors (Lipinski definition) is 1. The molecule has 1 saturated heterocycles. The Morgan fingerprint density at radius 1 is 1.50 bits per heavy atom. The van der Waals surface area contributed by atoms with E-state index in [0.29, 0.717) is 26.2 Å². The van der Waals surface area contributed by atoms with Crippen LogP contribution < -0.4 is 0 Å². The zero-order valence-corrected chi connectivity index (χ0v) is 10.4. The van der Waals surface area contributed by atoms with E-state index in [0.717, 1.165) is 10.0 Å². The van der Waals surface area contributed by atoms with Crippen LogP contribution >= 0.6 is 15.9 Å². The van der Waals surface area contributed by atoms with Crippen LogP contribution in [0.1, 0.15) is 5.56 Å². The first kappa shape index (κ1) is 12.0. The number of nitrogens with zero attached hydrogens (tertiary/aromatic N) is 1. The molecule has 0 aliphatic carbocycles. The zero-order chi connectivity index (χ0) is 11.4. The smallest absolute Gasteiger partial charge is 0.107 e. The molecule has 0 radical (unpaired) electrons. The second-order valence-corrected chi connectivity index (χ2v) is 4.68. The van der Waals surface area contributed by atoms with Gasteiger partial charge < -0.3 is 14.6 Å². The summed E-state index contributed by atoms with van der Waals surface area (Å²) in [5.41, 5.74) is 0.982. The van der Waals surface area contributed by atoms with Gasteiger partial charge in [0.25, 0.3) is 0 Å². The Hall–Kier alpha value is -0.490. The van der Waals surface area contributed by atoms with Gasteiger partial charge in [0, 0.05) is 23.3 Å². The molecule has 0 amide bonds. The van der Waals surface area contributed by atoms with Crippen LogP contribution in [-0.4, -0.2) is 42.1 Å². The molecule has 16 heavy (non-hydrogen) atoms. The lowest BCUT2D eigenvalue weighted by Crippen LogP contribution is -2.39. The van der Waals surface area contributed by atoms with E-state index in [1.165, 1.54) is 0 Å². The van der Waals surface area contributed by atoms with Crippen molar-refractivity contribution < 1.29 is 14.6 Å². The molecule has 2 unspecified atom stereocenters. The quantitative estimate of drug-likeness (QED) is 0.907. The zero-order valence-electron chi connectivity index (χ0n) is 8.80. The molecule has 0 spiro atoms. The second-order valence-electron chi connectivity index (χ2n) is 3.77. The highest BCUT2D eigenvalue weighted by molar-refractivity contribution is 9.10. The maximum absolute atomic E-state index is 9.97. The molecule has 1 aliphatic rings. The number of aromatic nitrogens is 1. The fourth-order valence-electron chi connectivity index (χ4n) is 1.67. The average Bonchev–Trinajstić information content (AvgIpc) is 2.30. The minimum atomic E-state index is -0.545. The Morgan fingerprint density at radius 3 is 3.06 bits per heavy atom. The summed E-state index contributed by atoms with van der Waals surface area (Å²) in [6.07, 6.45) is 3.22. The number of aliphatic hydroxyl groups excluding tert-OH is 1. The van der Waals surface area contributed by atoms with Crippen molar-refractivity contribution in [2.24, 2.45) is 0 Å². The molecule has 0 bridgehead atoms. The molecule has 1 N–H and O–H groups in total. The normalized spacial score (nSPS) is 23.0. The Labute approximate surface area is 103 Å². The molecule has 2 atom stereocenters. The lowest BCUT2D eigenvalue weighted by molar-refractivity contribution is -0.131. The topological polar surface area (TPSA) is 51.6 Å². The third-order valence-electron chi connectivity index (χ3n) is 2.48. The summed E-state index contributed by atoms with van der Waals surface area (Å²) in [5.74, 6) is 0. The number of pyridine rings is 1. The maximum atomic E-state index is 9.97. The first-order chi connectivity index (χ1) is 7.75. The van der Waals surface area contributed by atoms with E-state index in [1.807, 2.05) is 6.07 Å². The van der Waals surface area contributed by atoms with Crippen molar-refractivity contribution in [2.45, 2.75) is 18.6 Å². The van der Waals surface area contributed by atoms with Gasteiger partial charge in [-0.1, -0.05) is 0 Å². The van der Waals surface area contributed by atoms with E-state index in [4.69, 9.17) is 9.47 Å². The molecule has 1 fully saturated rings. The van der Waals surface area contributed by atoms with Gasteiger partial charge in [0.05, 0.1) is 25.9 Å². The summed E-state index contributed by atoms with van der Waals surface area (Å²) < 4.78 is 11.6. The van der Waals surface area contributed by atoms with Crippen LogP contribution in [0.3, 0.4) is 0 Å². The first-order valence-electron chi connectivity index (χ1n) is 5.22. The van der Waals surface area contributed by atoms with Crippen molar-refractivity contribution in [3.05, 3.63) is 28.5 Å². The van der Waals surface area contributed by atoms with Crippen molar-refractivity contribution in [2.75, 3.05) is 19.8 Å². The van der Waals surface area contributed by atoms with Gasteiger partial charge >= 0.3 is 0 Å². The minimum Gasteiger partial charge on any atom is -0.390 e. The van der Waals surface area contributed by atoms with Crippen molar-refractivity contribution >= 4 is 15.9 Å². The predicted octanol–water partition coefficient (Wildman–Crippen LogP) is 1.16. The lowest BCUT2D eigenvalue weighted by atomic mass is 10.1. The summed E-state index contributed by atoms with van der Waals surface area (Å²) in [5, 5.41) is 9.97. The largest absolute Gasteiger partial charge is 0.390 e. The molecule has 4 nitrogen and oxygen atoms in total. The highest BCUT2D eigenvalue weighted by Gasteiger charge is 2.23. The molecular weight excluding hydrogens is 274 g/mol. The van der Waals surface area contributed by atoms with Crippen LogP contribution in [0.2, 0.25) is 0 Å². The Balaban J connectivity index is 1.93. The van der Waals surface area contributed by atoms with Crippen LogP contribution in [0.5, 0.6) is 0 Å². The van der Waals surface area contributed by atoms with Gasteiger partial charge in [-0.3, -0.25) is 4.98 Å². The standard InChI is InChI=1S/C11H14BrNO3/c12-9-3-8(5-13-6-9)4-10(14)11-7-15-1-2-16-11/h3,5-6,10-11,14H,1-2,4,7H2. The van der Waals surface area contributed by atoms with Crippen molar-refractivity contribution in [3.63, 3.8) is 0 Å². The van der Waals surface area contributed by atoms with Gasteiger partial charge in [-0.15, -0.1) is 0 Å². The van der Waals surface area contributed by atoms with Crippen molar-refractivity contribution in [3.8, 4) is 0 Å². The van der Waals surface area contributed by atoms with Crippen molar-refractivity contribution in [1.82, 2.24) is 4.98 Å². The number of hydrogen-bond acceptors (Lipinski definition) is 4. The first-order valence-corrected chi connectivity index (χ1v) is 6.02. The second kappa shape index (κ2) is 5.72.